The van der Waals surface area contributed by atoms with E-state index in [4.69, 9.17) is 0 Å². The first kappa shape index (κ1) is 27.2. The van der Waals surface area contributed by atoms with Crippen molar-refractivity contribution >= 4 is 12.0 Å². The van der Waals surface area contributed by atoms with Crippen molar-refractivity contribution in [1.29, 1.82) is 0 Å². The molecule has 4 rings (SSSR count). The van der Waals surface area contributed by atoms with Gasteiger partial charge in [0.15, 0.2) is 0 Å². The fourth-order valence-electron chi connectivity index (χ4n) is 4.67. The summed E-state index contributed by atoms with van der Waals surface area (Å²) in [5.74, 6) is 0.0490. The molecular formula is C24H24F6N6O2. The molecule has 8 nitrogen and oxygen atoms in total. The van der Waals surface area contributed by atoms with Gasteiger partial charge in [-0.25, -0.2) is 14.8 Å². The number of likely N-dealkylation sites (tertiary alicyclic amines) is 1. The highest BCUT2D eigenvalue weighted by atomic mass is 19.4. The molecule has 14 heteroatoms. The second-order valence-corrected chi connectivity index (χ2v) is 9.08. The Morgan fingerprint density at radius 1 is 1.11 bits per heavy atom. The van der Waals surface area contributed by atoms with E-state index in [0.29, 0.717) is 36.2 Å². The Bertz CT molecular complexity index is 1260. The third kappa shape index (κ3) is 5.68. The smallest absolute Gasteiger partial charge is 0.416 e. The number of carboxylic acid groups (broad SMARTS) is 1. The van der Waals surface area contributed by atoms with Crippen molar-refractivity contribution in [3.63, 3.8) is 0 Å². The first-order valence-electron chi connectivity index (χ1n) is 11.6. The van der Waals surface area contributed by atoms with Crippen molar-refractivity contribution in [2.45, 2.75) is 57.7 Å². The minimum Gasteiger partial charge on any atom is -0.465 e. The Morgan fingerprint density at radius 2 is 1.71 bits per heavy atom. The number of rotatable bonds is 6. The molecule has 0 aliphatic carbocycles. The molecule has 0 saturated carbocycles. The van der Waals surface area contributed by atoms with Crippen molar-refractivity contribution in [3.05, 3.63) is 59.2 Å². The predicted molar refractivity (Wildman–Crippen MR) is 124 cm³/mol. The molecular weight excluding hydrogens is 518 g/mol. The summed E-state index contributed by atoms with van der Waals surface area (Å²) in [6.45, 7) is 3.16. The topological polar surface area (TPSA) is 98.2 Å². The number of halogens is 6. The minimum atomic E-state index is -5.00. The first-order chi connectivity index (χ1) is 17.8. The van der Waals surface area contributed by atoms with Crippen LogP contribution in [0.15, 0.2) is 36.8 Å². The van der Waals surface area contributed by atoms with Gasteiger partial charge in [-0.3, -0.25) is 5.10 Å². The van der Waals surface area contributed by atoms with Crippen LogP contribution in [0.1, 0.15) is 42.1 Å². The molecule has 3 aromatic rings. The Morgan fingerprint density at radius 3 is 2.16 bits per heavy atom. The van der Waals surface area contributed by atoms with Gasteiger partial charge in [-0.2, -0.15) is 31.4 Å². The lowest BCUT2D eigenvalue weighted by Crippen LogP contribution is -2.39. The second-order valence-electron chi connectivity index (χ2n) is 9.08. The standard InChI is InChI=1S/C24H24F6N6O2/c1-3-18-7-19(12-36(18)22(37)38)35(21-31-8-15(9-32-21)20-10-33-34-13(20)2)11-14-4-16(23(25,26)27)6-17(5-14)24(28,29)30/h4-6,8-10,18-19H,3,7,11-12H2,1-2H3,(H,33,34)(H,37,38)/t18-,19?/m1/s1. The van der Waals surface area contributed by atoms with Gasteiger partial charge in [0.1, 0.15) is 0 Å². The van der Waals surface area contributed by atoms with E-state index in [2.05, 4.69) is 20.2 Å². The zero-order valence-electron chi connectivity index (χ0n) is 20.3. The van der Waals surface area contributed by atoms with Crippen LogP contribution in [0.25, 0.3) is 11.1 Å². The molecule has 1 unspecified atom stereocenters. The number of hydrogen-bond acceptors (Lipinski definition) is 5. The average molecular weight is 542 g/mol. The van der Waals surface area contributed by atoms with E-state index in [1.54, 1.807) is 20.0 Å². The molecule has 1 aliphatic rings. The summed E-state index contributed by atoms with van der Waals surface area (Å²) in [7, 11) is 0. The van der Waals surface area contributed by atoms with Crippen LogP contribution in [0.5, 0.6) is 0 Å². The molecule has 3 heterocycles. The molecule has 1 saturated heterocycles. The summed E-state index contributed by atoms with van der Waals surface area (Å²) in [6, 6.07) is 0.433. The number of amides is 1. The van der Waals surface area contributed by atoms with Crippen LogP contribution in [0.4, 0.5) is 37.1 Å². The predicted octanol–water partition coefficient (Wildman–Crippen LogP) is 5.75. The third-order valence-electron chi connectivity index (χ3n) is 6.59. The Balaban J connectivity index is 1.75. The quantitative estimate of drug-likeness (QED) is 0.385. The molecule has 0 radical (unpaired) electrons. The summed E-state index contributed by atoms with van der Waals surface area (Å²) in [4.78, 5) is 23.1. The summed E-state index contributed by atoms with van der Waals surface area (Å²) >= 11 is 0. The number of aromatic amines is 1. The van der Waals surface area contributed by atoms with Gasteiger partial charge in [-0.1, -0.05) is 6.92 Å². The van der Waals surface area contributed by atoms with Crippen LogP contribution in [0, 0.1) is 6.92 Å². The molecule has 204 valence electrons. The zero-order valence-corrected chi connectivity index (χ0v) is 20.3. The van der Waals surface area contributed by atoms with Crippen LogP contribution in [-0.2, 0) is 18.9 Å². The number of carbonyl (C=O) groups is 1. The molecule has 1 aliphatic heterocycles. The van der Waals surface area contributed by atoms with Crippen LogP contribution in [0.3, 0.4) is 0 Å². The molecule has 38 heavy (non-hydrogen) atoms. The molecule has 2 atom stereocenters. The van der Waals surface area contributed by atoms with E-state index in [0.717, 1.165) is 5.56 Å². The van der Waals surface area contributed by atoms with Gasteiger partial charge in [0.05, 0.1) is 22.9 Å². The molecule has 1 fully saturated rings. The maximum absolute atomic E-state index is 13.5. The van der Waals surface area contributed by atoms with Crippen molar-refractivity contribution in [3.8, 4) is 11.1 Å². The summed E-state index contributed by atoms with van der Waals surface area (Å²) < 4.78 is 80.8. The molecule has 1 aromatic carbocycles. The number of anilines is 1. The van der Waals surface area contributed by atoms with E-state index < -0.39 is 42.2 Å². The minimum absolute atomic E-state index is 0.00905. The van der Waals surface area contributed by atoms with Crippen molar-refractivity contribution in [2.75, 3.05) is 11.4 Å². The highest BCUT2D eigenvalue weighted by Gasteiger charge is 2.40. The van der Waals surface area contributed by atoms with Gasteiger partial charge in [-0.15, -0.1) is 0 Å². The molecule has 0 spiro atoms. The van der Waals surface area contributed by atoms with Crippen molar-refractivity contribution in [1.82, 2.24) is 25.1 Å². The maximum atomic E-state index is 13.5. The van der Waals surface area contributed by atoms with Gasteiger partial charge in [0, 0.05) is 48.8 Å². The molecule has 2 aromatic heterocycles. The Kier molecular flexibility index (Phi) is 7.26. The van der Waals surface area contributed by atoms with Gasteiger partial charge < -0.3 is 14.9 Å². The molecule has 2 N–H and O–H groups in total. The number of benzene rings is 1. The van der Waals surface area contributed by atoms with Gasteiger partial charge >= 0.3 is 18.4 Å². The normalized spacial score (nSPS) is 18.2. The monoisotopic (exact) mass is 542 g/mol. The number of hydrogen-bond donors (Lipinski definition) is 2. The lowest BCUT2D eigenvalue weighted by molar-refractivity contribution is -0.143. The highest BCUT2D eigenvalue weighted by molar-refractivity contribution is 5.66. The van der Waals surface area contributed by atoms with E-state index >= 15 is 0 Å². The number of aromatic nitrogens is 4. The van der Waals surface area contributed by atoms with Crippen LogP contribution >= 0.6 is 0 Å². The number of H-pyrrole nitrogens is 1. The van der Waals surface area contributed by atoms with Crippen LogP contribution in [0.2, 0.25) is 0 Å². The van der Waals surface area contributed by atoms with E-state index in [1.807, 2.05) is 0 Å². The lowest BCUT2D eigenvalue weighted by atomic mass is 10.0. The van der Waals surface area contributed by atoms with Gasteiger partial charge in [0.2, 0.25) is 5.95 Å². The SMILES string of the molecule is CC[C@@H]1CC(N(Cc2cc(C(F)(F)F)cc(C(F)(F)F)c2)c2ncc(-c3c[nH]nc3C)cn2)CN1C(=O)O. The first-order valence-corrected chi connectivity index (χ1v) is 11.6. The van der Waals surface area contributed by atoms with E-state index in [9.17, 15) is 36.2 Å². The van der Waals surface area contributed by atoms with Crippen LogP contribution in [-0.4, -0.2) is 54.9 Å². The van der Waals surface area contributed by atoms with E-state index in [-0.39, 0.29) is 30.2 Å². The number of alkyl halides is 6. The van der Waals surface area contributed by atoms with Crippen molar-refractivity contribution < 1.29 is 36.2 Å². The Hall–Kier alpha value is -3.84. The number of nitrogens with one attached hydrogen (secondary N) is 1. The van der Waals surface area contributed by atoms with Gasteiger partial charge in [0.25, 0.3) is 0 Å². The average Bonchev–Trinajstić information content (AvgIpc) is 3.48. The second kappa shape index (κ2) is 10.1. The van der Waals surface area contributed by atoms with Crippen molar-refractivity contribution in [2.24, 2.45) is 0 Å². The molecule has 1 amide bonds. The zero-order chi connectivity index (χ0) is 27.8. The van der Waals surface area contributed by atoms with Crippen LogP contribution < -0.4 is 4.90 Å². The molecule has 0 bridgehead atoms. The Labute approximate surface area is 213 Å². The fourth-order valence-corrected chi connectivity index (χ4v) is 4.67. The lowest BCUT2D eigenvalue weighted by Gasteiger charge is -2.29. The van der Waals surface area contributed by atoms with E-state index in [1.165, 1.54) is 22.2 Å². The summed E-state index contributed by atoms with van der Waals surface area (Å²) in [5, 5.41) is 16.4. The fraction of sp³-hybridized carbons (Fsp3) is 0.417. The van der Waals surface area contributed by atoms with Gasteiger partial charge in [-0.05, 0) is 43.5 Å². The summed E-state index contributed by atoms with van der Waals surface area (Å²) in [6.07, 6.45) is -5.78. The number of nitrogens with zero attached hydrogens (tertiary/aromatic N) is 5. The highest BCUT2D eigenvalue weighted by Crippen LogP contribution is 2.37. The maximum Gasteiger partial charge on any atom is 0.416 e. The largest absolute Gasteiger partial charge is 0.465 e. The summed E-state index contributed by atoms with van der Waals surface area (Å²) in [5.41, 5.74) is -1.12. The number of aryl methyl sites for hydroxylation is 1. The third-order valence-corrected chi connectivity index (χ3v) is 6.59.